The zero-order valence-electron chi connectivity index (χ0n) is 10.7. The van der Waals surface area contributed by atoms with E-state index in [9.17, 15) is 4.79 Å². The van der Waals surface area contributed by atoms with Gasteiger partial charge in [-0.2, -0.15) is 0 Å². The topological polar surface area (TPSA) is 20.3 Å². The van der Waals surface area contributed by atoms with E-state index in [2.05, 4.69) is 13.8 Å². The Morgan fingerprint density at radius 1 is 1.31 bits per heavy atom. The van der Waals surface area contributed by atoms with Crippen molar-refractivity contribution in [2.75, 3.05) is 11.4 Å². The molecule has 0 heterocycles. The largest absolute Gasteiger partial charge is 0.312 e. The molecule has 88 valence electrons. The molecule has 1 aromatic rings. The standard InChI is InChI=1S/C14H21NO/c1-5-15(14(16)10-11(2)3)13-9-7-6-8-12(13)4/h6-9,11H,5,10H2,1-4H3. The van der Waals surface area contributed by atoms with E-state index in [1.165, 1.54) is 0 Å². The van der Waals surface area contributed by atoms with Gasteiger partial charge in [0.1, 0.15) is 0 Å². The van der Waals surface area contributed by atoms with Gasteiger partial charge in [-0.15, -0.1) is 0 Å². The van der Waals surface area contributed by atoms with Crippen molar-refractivity contribution < 1.29 is 4.79 Å². The first-order valence-corrected chi connectivity index (χ1v) is 5.92. The molecule has 0 unspecified atom stereocenters. The smallest absolute Gasteiger partial charge is 0.227 e. The highest BCUT2D eigenvalue weighted by molar-refractivity contribution is 5.94. The molecule has 2 heteroatoms. The molecule has 0 bridgehead atoms. The van der Waals surface area contributed by atoms with Gasteiger partial charge in [0.2, 0.25) is 5.91 Å². The molecule has 0 aliphatic carbocycles. The molecule has 1 amide bonds. The second-order valence-corrected chi connectivity index (χ2v) is 4.52. The number of carbonyl (C=O) groups excluding carboxylic acids is 1. The van der Waals surface area contributed by atoms with Gasteiger partial charge < -0.3 is 4.90 Å². The summed E-state index contributed by atoms with van der Waals surface area (Å²) in [5, 5.41) is 0. The molecular formula is C14H21NO. The van der Waals surface area contributed by atoms with Gasteiger partial charge in [-0.1, -0.05) is 32.0 Å². The molecule has 0 aliphatic heterocycles. The summed E-state index contributed by atoms with van der Waals surface area (Å²) < 4.78 is 0. The van der Waals surface area contributed by atoms with Crippen molar-refractivity contribution in [3.63, 3.8) is 0 Å². The monoisotopic (exact) mass is 219 g/mol. The fraction of sp³-hybridized carbons (Fsp3) is 0.500. The average Bonchev–Trinajstić information content (AvgIpc) is 2.20. The van der Waals surface area contributed by atoms with Gasteiger partial charge in [-0.05, 0) is 31.4 Å². The van der Waals surface area contributed by atoms with E-state index in [-0.39, 0.29) is 5.91 Å². The van der Waals surface area contributed by atoms with Crippen molar-refractivity contribution >= 4 is 11.6 Å². The van der Waals surface area contributed by atoms with Crippen molar-refractivity contribution in [3.8, 4) is 0 Å². The molecule has 2 nitrogen and oxygen atoms in total. The summed E-state index contributed by atoms with van der Waals surface area (Å²) in [5.41, 5.74) is 2.19. The van der Waals surface area contributed by atoms with E-state index in [0.717, 1.165) is 17.8 Å². The number of para-hydroxylation sites is 1. The number of hydrogen-bond acceptors (Lipinski definition) is 1. The van der Waals surface area contributed by atoms with Crippen LogP contribution >= 0.6 is 0 Å². The zero-order valence-corrected chi connectivity index (χ0v) is 10.7. The minimum absolute atomic E-state index is 0.215. The van der Waals surface area contributed by atoms with E-state index >= 15 is 0 Å². The molecule has 1 rings (SSSR count). The molecule has 0 saturated heterocycles. The Labute approximate surface area is 98.3 Å². The predicted molar refractivity (Wildman–Crippen MR) is 68.7 cm³/mol. The van der Waals surface area contributed by atoms with Gasteiger partial charge in [0.15, 0.2) is 0 Å². The average molecular weight is 219 g/mol. The van der Waals surface area contributed by atoms with Gasteiger partial charge in [-0.3, -0.25) is 4.79 Å². The van der Waals surface area contributed by atoms with Crippen LogP contribution in [0.25, 0.3) is 0 Å². The van der Waals surface area contributed by atoms with Crippen molar-refractivity contribution in [3.05, 3.63) is 29.8 Å². The summed E-state index contributed by atoms with van der Waals surface area (Å²) in [6.45, 7) is 8.94. The Hall–Kier alpha value is -1.31. The van der Waals surface area contributed by atoms with Crippen LogP contribution in [-0.2, 0) is 4.79 Å². The lowest BCUT2D eigenvalue weighted by molar-refractivity contribution is -0.119. The van der Waals surface area contributed by atoms with Crippen molar-refractivity contribution in [1.82, 2.24) is 0 Å². The number of carbonyl (C=O) groups is 1. The second kappa shape index (κ2) is 5.69. The van der Waals surface area contributed by atoms with Crippen LogP contribution < -0.4 is 4.90 Å². The van der Waals surface area contributed by atoms with Crippen molar-refractivity contribution in [1.29, 1.82) is 0 Å². The molecule has 0 N–H and O–H groups in total. The lowest BCUT2D eigenvalue weighted by Crippen LogP contribution is -2.31. The number of amides is 1. The molecule has 0 spiro atoms. The van der Waals surface area contributed by atoms with E-state index in [4.69, 9.17) is 0 Å². The molecule has 16 heavy (non-hydrogen) atoms. The quantitative estimate of drug-likeness (QED) is 0.760. The minimum atomic E-state index is 0.215. The van der Waals surface area contributed by atoms with Crippen LogP contribution in [0.3, 0.4) is 0 Å². The van der Waals surface area contributed by atoms with Crippen molar-refractivity contribution in [2.24, 2.45) is 5.92 Å². The van der Waals surface area contributed by atoms with Crippen molar-refractivity contribution in [2.45, 2.75) is 34.1 Å². The van der Waals surface area contributed by atoms with Gasteiger partial charge in [0, 0.05) is 18.7 Å². The molecule has 0 atom stereocenters. The number of rotatable bonds is 4. The zero-order chi connectivity index (χ0) is 12.1. The molecule has 0 fully saturated rings. The van der Waals surface area contributed by atoms with E-state index in [1.807, 2.05) is 43.0 Å². The van der Waals surface area contributed by atoms with Crippen LogP contribution in [0.2, 0.25) is 0 Å². The highest BCUT2D eigenvalue weighted by Crippen LogP contribution is 2.20. The number of aryl methyl sites for hydroxylation is 1. The third-order valence-electron chi connectivity index (χ3n) is 2.61. The molecular weight excluding hydrogens is 198 g/mol. The Bertz CT molecular complexity index is 358. The number of nitrogens with zero attached hydrogens (tertiary/aromatic N) is 1. The number of anilines is 1. The summed E-state index contributed by atoms with van der Waals surface area (Å²) in [4.78, 5) is 13.9. The normalized spacial score (nSPS) is 10.6. The number of hydrogen-bond donors (Lipinski definition) is 0. The fourth-order valence-electron chi connectivity index (χ4n) is 1.81. The van der Waals surface area contributed by atoms with E-state index in [0.29, 0.717) is 12.3 Å². The Kier molecular flexibility index (Phi) is 4.53. The molecule has 0 aliphatic rings. The van der Waals surface area contributed by atoms with Gasteiger partial charge in [-0.25, -0.2) is 0 Å². The van der Waals surface area contributed by atoms with Gasteiger partial charge in [0.25, 0.3) is 0 Å². The van der Waals surface area contributed by atoms with Crippen LogP contribution in [0.5, 0.6) is 0 Å². The fourth-order valence-corrected chi connectivity index (χ4v) is 1.81. The molecule has 0 saturated carbocycles. The summed E-state index contributed by atoms with van der Waals surface area (Å²) >= 11 is 0. The maximum Gasteiger partial charge on any atom is 0.227 e. The first kappa shape index (κ1) is 12.8. The Morgan fingerprint density at radius 2 is 1.94 bits per heavy atom. The highest BCUT2D eigenvalue weighted by atomic mass is 16.2. The van der Waals surface area contributed by atoms with Crippen LogP contribution in [0, 0.1) is 12.8 Å². The summed E-state index contributed by atoms with van der Waals surface area (Å²) in [6.07, 6.45) is 0.613. The van der Waals surface area contributed by atoms with Gasteiger partial charge in [0.05, 0.1) is 0 Å². The van der Waals surface area contributed by atoms with Gasteiger partial charge >= 0.3 is 0 Å². The maximum atomic E-state index is 12.1. The van der Waals surface area contributed by atoms with Crippen LogP contribution in [-0.4, -0.2) is 12.5 Å². The van der Waals surface area contributed by atoms with Crippen LogP contribution in [0.15, 0.2) is 24.3 Å². The lowest BCUT2D eigenvalue weighted by Gasteiger charge is -2.23. The predicted octanol–water partition coefficient (Wildman–Crippen LogP) is 3.39. The highest BCUT2D eigenvalue weighted by Gasteiger charge is 2.16. The molecule has 1 aromatic carbocycles. The summed E-state index contributed by atoms with van der Waals surface area (Å²) in [6, 6.07) is 8.03. The molecule has 0 radical (unpaired) electrons. The Balaban J connectivity index is 2.90. The van der Waals surface area contributed by atoms with E-state index in [1.54, 1.807) is 0 Å². The van der Waals surface area contributed by atoms with Crippen LogP contribution in [0.4, 0.5) is 5.69 Å². The minimum Gasteiger partial charge on any atom is -0.312 e. The molecule has 0 aromatic heterocycles. The SMILES string of the molecule is CCN(C(=O)CC(C)C)c1ccccc1C. The van der Waals surface area contributed by atoms with E-state index < -0.39 is 0 Å². The lowest BCUT2D eigenvalue weighted by atomic mass is 10.1. The maximum absolute atomic E-state index is 12.1. The van der Waals surface area contributed by atoms with Crippen LogP contribution in [0.1, 0.15) is 32.8 Å². The number of benzene rings is 1. The first-order valence-electron chi connectivity index (χ1n) is 5.92. The first-order chi connectivity index (χ1) is 7.56. The third-order valence-corrected chi connectivity index (χ3v) is 2.61. The second-order valence-electron chi connectivity index (χ2n) is 4.52. The third kappa shape index (κ3) is 3.09. The summed E-state index contributed by atoms with van der Waals surface area (Å²) in [5.74, 6) is 0.623. The summed E-state index contributed by atoms with van der Waals surface area (Å²) in [7, 11) is 0. The Morgan fingerprint density at radius 3 is 2.44 bits per heavy atom.